The molecule has 21 heavy (non-hydrogen) atoms. The Bertz CT molecular complexity index is 814. The highest BCUT2D eigenvalue weighted by Gasteiger charge is 2.17. The zero-order valence-corrected chi connectivity index (χ0v) is 12.4. The van der Waals surface area contributed by atoms with Gasteiger partial charge in [-0.25, -0.2) is 4.52 Å². The van der Waals surface area contributed by atoms with Gasteiger partial charge < -0.3 is 5.32 Å². The molecule has 0 saturated carbocycles. The fourth-order valence-electron chi connectivity index (χ4n) is 2.01. The Kier molecular flexibility index (Phi) is 3.82. The third-order valence-electron chi connectivity index (χ3n) is 3.09. The molecule has 106 valence electrons. The number of halogens is 2. The first kappa shape index (κ1) is 13.9. The molecule has 3 rings (SSSR count). The first-order valence-electron chi connectivity index (χ1n) is 6.31. The molecule has 2 heterocycles. The molecule has 6 heteroatoms. The molecule has 1 aromatic carbocycles. The van der Waals surface area contributed by atoms with Gasteiger partial charge in [-0.2, -0.15) is 5.10 Å². The van der Waals surface area contributed by atoms with E-state index in [0.717, 1.165) is 5.56 Å². The minimum Gasteiger partial charge on any atom is -0.346 e. The highest BCUT2D eigenvalue weighted by Crippen LogP contribution is 2.21. The fourth-order valence-corrected chi connectivity index (χ4v) is 2.49. The summed E-state index contributed by atoms with van der Waals surface area (Å²) >= 11 is 12.2. The Morgan fingerprint density at radius 3 is 2.67 bits per heavy atom. The molecule has 1 N–H and O–H groups in total. The van der Waals surface area contributed by atoms with Crippen molar-refractivity contribution < 1.29 is 4.79 Å². The van der Waals surface area contributed by atoms with Gasteiger partial charge in [-0.15, -0.1) is 0 Å². The second kappa shape index (κ2) is 5.76. The highest BCUT2D eigenvalue weighted by atomic mass is 35.5. The zero-order valence-electron chi connectivity index (χ0n) is 10.9. The Hall–Kier alpha value is -2.04. The molecule has 4 nitrogen and oxygen atoms in total. The molecule has 0 atom stereocenters. The average molecular weight is 320 g/mol. The lowest BCUT2D eigenvalue weighted by atomic mass is 10.2. The Balaban J connectivity index is 1.81. The van der Waals surface area contributed by atoms with E-state index < -0.39 is 0 Å². The average Bonchev–Trinajstić information content (AvgIpc) is 2.84. The summed E-state index contributed by atoms with van der Waals surface area (Å²) < 4.78 is 1.58. The SMILES string of the molecule is O=C(NCc1ccccc1Cl)c1nn2ccccc2c1Cl. The first-order chi connectivity index (χ1) is 10.2. The quantitative estimate of drug-likeness (QED) is 0.802. The summed E-state index contributed by atoms with van der Waals surface area (Å²) in [5, 5.41) is 7.91. The predicted octanol–water partition coefficient (Wildman–Crippen LogP) is 3.57. The van der Waals surface area contributed by atoms with Gasteiger partial charge in [0.2, 0.25) is 0 Å². The number of pyridine rings is 1. The van der Waals surface area contributed by atoms with Gasteiger partial charge >= 0.3 is 0 Å². The summed E-state index contributed by atoms with van der Waals surface area (Å²) in [7, 11) is 0. The number of carbonyl (C=O) groups excluding carboxylic acids is 1. The molecular formula is C15H11Cl2N3O. The topological polar surface area (TPSA) is 46.4 Å². The van der Waals surface area contributed by atoms with E-state index in [9.17, 15) is 4.79 Å². The van der Waals surface area contributed by atoms with Gasteiger partial charge in [0.25, 0.3) is 5.91 Å². The Morgan fingerprint density at radius 2 is 1.90 bits per heavy atom. The summed E-state index contributed by atoms with van der Waals surface area (Å²) in [6.07, 6.45) is 1.74. The highest BCUT2D eigenvalue weighted by molar-refractivity contribution is 6.36. The van der Waals surface area contributed by atoms with Crippen molar-refractivity contribution >= 4 is 34.6 Å². The van der Waals surface area contributed by atoms with E-state index in [2.05, 4.69) is 10.4 Å². The van der Waals surface area contributed by atoms with Crippen LogP contribution in [0.1, 0.15) is 16.1 Å². The number of nitrogens with zero attached hydrogens (tertiary/aromatic N) is 2. The number of hydrogen-bond donors (Lipinski definition) is 1. The Labute approximate surface area is 131 Å². The van der Waals surface area contributed by atoms with Crippen LogP contribution in [-0.4, -0.2) is 15.5 Å². The van der Waals surface area contributed by atoms with Crippen LogP contribution in [0.15, 0.2) is 48.7 Å². The van der Waals surface area contributed by atoms with Crippen LogP contribution in [0.2, 0.25) is 10.0 Å². The third-order valence-corrected chi connectivity index (χ3v) is 3.83. The maximum Gasteiger partial charge on any atom is 0.273 e. The minimum absolute atomic E-state index is 0.204. The molecule has 3 aromatic rings. The number of fused-ring (bicyclic) bond motifs is 1. The van der Waals surface area contributed by atoms with Crippen LogP contribution in [0.4, 0.5) is 0 Å². The van der Waals surface area contributed by atoms with Crippen molar-refractivity contribution in [2.45, 2.75) is 6.54 Å². The van der Waals surface area contributed by atoms with Crippen molar-refractivity contribution in [1.82, 2.24) is 14.9 Å². The van der Waals surface area contributed by atoms with Crippen LogP contribution in [0.5, 0.6) is 0 Å². The molecular weight excluding hydrogens is 309 g/mol. The van der Waals surface area contributed by atoms with E-state index in [0.29, 0.717) is 22.1 Å². The molecule has 0 fully saturated rings. The van der Waals surface area contributed by atoms with Gasteiger partial charge in [0, 0.05) is 17.8 Å². The standard InChI is InChI=1S/C15H11Cl2N3O/c16-11-6-2-1-5-10(11)9-18-15(21)14-13(17)12-7-3-4-8-20(12)19-14/h1-8H,9H2,(H,18,21). The van der Waals surface area contributed by atoms with Crippen LogP contribution >= 0.6 is 23.2 Å². The summed E-state index contributed by atoms with van der Waals surface area (Å²) in [6.45, 7) is 0.322. The lowest BCUT2D eigenvalue weighted by molar-refractivity contribution is 0.0946. The van der Waals surface area contributed by atoms with Crippen molar-refractivity contribution in [2.24, 2.45) is 0 Å². The van der Waals surface area contributed by atoms with Crippen molar-refractivity contribution in [3.63, 3.8) is 0 Å². The maximum atomic E-state index is 12.2. The number of amides is 1. The van der Waals surface area contributed by atoms with Gasteiger partial charge in [-0.05, 0) is 23.8 Å². The molecule has 0 saturated heterocycles. The summed E-state index contributed by atoms with van der Waals surface area (Å²) in [5.74, 6) is -0.330. The number of carbonyl (C=O) groups is 1. The smallest absolute Gasteiger partial charge is 0.273 e. The second-order valence-corrected chi connectivity index (χ2v) is 5.25. The summed E-state index contributed by atoms with van der Waals surface area (Å²) in [5.41, 5.74) is 1.74. The summed E-state index contributed by atoms with van der Waals surface area (Å²) in [4.78, 5) is 12.2. The van der Waals surface area contributed by atoms with E-state index >= 15 is 0 Å². The second-order valence-electron chi connectivity index (χ2n) is 4.47. The van der Waals surface area contributed by atoms with Crippen LogP contribution < -0.4 is 5.32 Å². The fraction of sp³-hybridized carbons (Fsp3) is 0.0667. The monoisotopic (exact) mass is 319 g/mol. The lowest BCUT2D eigenvalue weighted by Gasteiger charge is -2.05. The van der Waals surface area contributed by atoms with E-state index in [1.165, 1.54) is 0 Å². The largest absolute Gasteiger partial charge is 0.346 e. The van der Waals surface area contributed by atoms with E-state index in [-0.39, 0.29) is 11.6 Å². The number of nitrogens with one attached hydrogen (secondary N) is 1. The van der Waals surface area contributed by atoms with Crippen LogP contribution in [0.25, 0.3) is 5.52 Å². The van der Waals surface area contributed by atoms with Crippen molar-refractivity contribution in [2.75, 3.05) is 0 Å². The molecule has 0 radical (unpaired) electrons. The van der Waals surface area contributed by atoms with Crippen LogP contribution in [0, 0.1) is 0 Å². The number of benzene rings is 1. The molecule has 0 aliphatic carbocycles. The van der Waals surface area contributed by atoms with Gasteiger partial charge in [0.15, 0.2) is 5.69 Å². The maximum absolute atomic E-state index is 12.2. The van der Waals surface area contributed by atoms with E-state index in [1.54, 1.807) is 22.8 Å². The number of rotatable bonds is 3. The van der Waals surface area contributed by atoms with Crippen molar-refractivity contribution in [1.29, 1.82) is 0 Å². The minimum atomic E-state index is -0.330. The van der Waals surface area contributed by atoms with Gasteiger partial charge in [0.1, 0.15) is 0 Å². The van der Waals surface area contributed by atoms with E-state index in [1.807, 2.05) is 30.3 Å². The molecule has 1 amide bonds. The van der Waals surface area contributed by atoms with Crippen molar-refractivity contribution in [3.05, 3.63) is 70.0 Å². The number of aromatic nitrogens is 2. The van der Waals surface area contributed by atoms with Gasteiger partial charge in [-0.1, -0.05) is 47.5 Å². The summed E-state index contributed by atoms with van der Waals surface area (Å²) in [6, 6.07) is 12.8. The molecule has 0 spiro atoms. The molecule has 0 aliphatic rings. The van der Waals surface area contributed by atoms with Crippen LogP contribution in [-0.2, 0) is 6.54 Å². The van der Waals surface area contributed by atoms with Crippen molar-refractivity contribution in [3.8, 4) is 0 Å². The molecule has 2 aromatic heterocycles. The molecule has 0 unspecified atom stereocenters. The first-order valence-corrected chi connectivity index (χ1v) is 7.07. The van der Waals surface area contributed by atoms with Gasteiger partial charge in [-0.3, -0.25) is 4.79 Å². The molecule has 0 bridgehead atoms. The zero-order chi connectivity index (χ0) is 14.8. The Morgan fingerprint density at radius 1 is 1.14 bits per heavy atom. The predicted molar refractivity (Wildman–Crippen MR) is 82.8 cm³/mol. The number of hydrogen-bond acceptors (Lipinski definition) is 2. The molecule has 0 aliphatic heterocycles. The van der Waals surface area contributed by atoms with Gasteiger partial charge in [0.05, 0.1) is 10.5 Å². The third kappa shape index (κ3) is 2.73. The lowest BCUT2D eigenvalue weighted by Crippen LogP contribution is -2.23. The van der Waals surface area contributed by atoms with E-state index in [4.69, 9.17) is 23.2 Å². The van der Waals surface area contributed by atoms with Crippen LogP contribution in [0.3, 0.4) is 0 Å². The normalized spacial score (nSPS) is 10.8.